The maximum atomic E-state index is 11.5. The lowest BCUT2D eigenvalue weighted by molar-refractivity contribution is -0.121. The number of amides is 1. The molecule has 0 aliphatic carbocycles. The van der Waals surface area contributed by atoms with Gasteiger partial charge >= 0.3 is 0 Å². The number of nitrogens with one attached hydrogen (secondary N) is 2. The van der Waals surface area contributed by atoms with Crippen LogP contribution in [0.3, 0.4) is 0 Å². The van der Waals surface area contributed by atoms with Crippen LogP contribution in [0.25, 0.3) is 0 Å². The predicted molar refractivity (Wildman–Crippen MR) is 59.6 cm³/mol. The van der Waals surface area contributed by atoms with Crippen molar-refractivity contribution in [1.29, 1.82) is 0 Å². The largest absolute Gasteiger partial charge is 0.357 e. The average molecular weight is 210 g/mol. The summed E-state index contributed by atoms with van der Waals surface area (Å²) in [6.07, 6.45) is 2.78. The minimum atomic E-state index is -0.258. The number of anilines is 1. The number of carbonyl (C=O) groups is 1. The SMILES string of the molecule is CCCNC(=O)C(C)Nc1ccn(C)n1. The van der Waals surface area contributed by atoms with E-state index >= 15 is 0 Å². The van der Waals surface area contributed by atoms with Crippen LogP contribution in [0, 0.1) is 0 Å². The van der Waals surface area contributed by atoms with Gasteiger partial charge in [0.2, 0.25) is 5.91 Å². The van der Waals surface area contributed by atoms with Crippen LogP contribution in [0.4, 0.5) is 5.82 Å². The van der Waals surface area contributed by atoms with Gasteiger partial charge in [0, 0.05) is 25.9 Å². The first-order valence-electron chi connectivity index (χ1n) is 5.17. The molecule has 1 aromatic heterocycles. The van der Waals surface area contributed by atoms with E-state index in [1.807, 2.05) is 33.2 Å². The van der Waals surface area contributed by atoms with Crippen LogP contribution in [0.5, 0.6) is 0 Å². The third-order valence-corrected chi connectivity index (χ3v) is 2.02. The second-order valence-electron chi connectivity index (χ2n) is 3.53. The first-order chi connectivity index (χ1) is 7.13. The van der Waals surface area contributed by atoms with Gasteiger partial charge in [-0.25, -0.2) is 0 Å². The molecule has 1 heterocycles. The Hall–Kier alpha value is -1.52. The van der Waals surface area contributed by atoms with Crippen molar-refractivity contribution in [1.82, 2.24) is 15.1 Å². The molecule has 2 N–H and O–H groups in total. The lowest BCUT2D eigenvalue weighted by Gasteiger charge is -2.12. The van der Waals surface area contributed by atoms with Crippen molar-refractivity contribution in [2.45, 2.75) is 26.3 Å². The molecule has 1 rings (SSSR count). The second kappa shape index (κ2) is 5.38. The van der Waals surface area contributed by atoms with E-state index in [4.69, 9.17) is 0 Å². The van der Waals surface area contributed by atoms with Crippen LogP contribution in [0.15, 0.2) is 12.3 Å². The van der Waals surface area contributed by atoms with Crippen molar-refractivity contribution in [2.75, 3.05) is 11.9 Å². The molecule has 5 heteroatoms. The molecular formula is C10H18N4O. The number of nitrogens with zero attached hydrogens (tertiary/aromatic N) is 2. The fraction of sp³-hybridized carbons (Fsp3) is 0.600. The average Bonchev–Trinajstić information content (AvgIpc) is 2.60. The van der Waals surface area contributed by atoms with E-state index in [-0.39, 0.29) is 11.9 Å². The number of rotatable bonds is 5. The highest BCUT2D eigenvalue weighted by Gasteiger charge is 2.12. The number of hydrogen-bond acceptors (Lipinski definition) is 3. The molecule has 1 unspecified atom stereocenters. The van der Waals surface area contributed by atoms with Crippen molar-refractivity contribution in [3.05, 3.63) is 12.3 Å². The standard InChI is InChI=1S/C10H18N4O/c1-4-6-11-10(15)8(2)12-9-5-7-14(3)13-9/h5,7-8H,4,6H2,1-3H3,(H,11,15)(H,12,13). The molecule has 0 aromatic carbocycles. The van der Waals surface area contributed by atoms with Gasteiger partial charge in [0.15, 0.2) is 0 Å². The second-order valence-corrected chi connectivity index (χ2v) is 3.53. The lowest BCUT2D eigenvalue weighted by Crippen LogP contribution is -2.37. The van der Waals surface area contributed by atoms with Crippen molar-refractivity contribution < 1.29 is 4.79 Å². The first kappa shape index (κ1) is 11.6. The Morgan fingerprint density at radius 3 is 2.93 bits per heavy atom. The molecule has 84 valence electrons. The fourth-order valence-corrected chi connectivity index (χ4v) is 1.18. The molecule has 0 aliphatic rings. The third kappa shape index (κ3) is 3.61. The summed E-state index contributed by atoms with van der Waals surface area (Å²) in [4.78, 5) is 11.5. The van der Waals surface area contributed by atoms with Gasteiger partial charge in [0.05, 0.1) is 0 Å². The van der Waals surface area contributed by atoms with Gasteiger partial charge < -0.3 is 10.6 Å². The zero-order valence-electron chi connectivity index (χ0n) is 9.45. The maximum Gasteiger partial charge on any atom is 0.242 e. The Balaban J connectivity index is 2.41. The van der Waals surface area contributed by atoms with Crippen LogP contribution in [-0.2, 0) is 11.8 Å². The van der Waals surface area contributed by atoms with E-state index in [0.29, 0.717) is 6.54 Å². The van der Waals surface area contributed by atoms with Crippen LogP contribution in [0.2, 0.25) is 0 Å². The molecule has 5 nitrogen and oxygen atoms in total. The summed E-state index contributed by atoms with van der Waals surface area (Å²) in [6, 6.07) is 1.58. The van der Waals surface area contributed by atoms with Crippen LogP contribution < -0.4 is 10.6 Å². The van der Waals surface area contributed by atoms with Crippen molar-refractivity contribution in [2.24, 2.45) is 7.05 Å². The molecular weight excluding hydrogens is 192 g/mol. The molecule has 0 radical (unpaired) electrons. The quantitative estimate of drug-likeness (QED) is 0.754. The minimum Gasteiger partial charge on any atom is -0.357 e. The van der Waals surface area contributed by atoms with Crippen molar-refractivity contribution in [3.63, 3.8) is 0 Å². The molecule has 15 heavy (non-hydrogen) atoms. The summed E-state index contributed by atoms with van der Waals surface area (Å²) in [6.45, 7) is 4.56. The number of aryl methyl sites for hydroxylation is 1. The van der Waals surface area contributed by atoms with E-state index in [0.717, 1.165) is 12.2 Å². The smallest absolute Gasteiger partial charge is 0.242 e. The van der Waals surface area contributed by atoms with E-state index in [9.17, 15) is 4.79 Å². The van der Waals surface area contributed by atoms with Gasteiger partial charge in [-0.15, -0.1) is 0 Å². The first-order valence-corrected chi connectivity index (χ1v) is 5.17. The Labute approximate surface area is 89.9 Å². The topological polar surface area (TPSA) is 59.0 Å². The monoisotopic (exact) mass is 210 g/mol. The van der Waals surface area contributed by atoms with Gasteiger partial charge in [-0.2, -0.15) is 5.10 Å². The van der Waals surface area contributed by atoms with Crippen molar-refractivity contribution in [3.8, 4) is 0 Å². The number of hydrogen-bond donors (Lipinski definition) is 2. The molecule has 0 spiro atoms. The summed E-state index contributed by atoms with van der Waals surface area (Å²) < 4.78 is 1.69. The summed E-state index contributed by atoms with van der Waals surface area (Å²) in [5, 5.41) is 9.99. The number of carbonyl (C=O) groups excluding carboxylic acids is 1. The molecule has 1 amide bonds. The van der Waals surface area contributed by atoms with Crippen molar-refractivity contribution >= 4 is 11.7 Å². The molecule has 0 fully saturated rings. The molecule has 1 atom stereocenters. The molecule has 0 saturated heterocycles. The lowest BCUT2D eigenvalue weighted by atomic mass is 10.3. The Kier molecular flexibility index (Phi) is 4.15. The predicted octanol–water partition coefficient (Wildman–Crippen LogP) is 0.747. The fourth-order valence-electron chi connectivity index (χ4n) is 1.18. The summed E-state index contributed by atoms with van der Waals surface area (Å²) in [5.74, 6) is 0.721. The maximum absolute atomic E-state index is 11.5. The van der Waals surface area contributed by atoms with E-state index < -0.39 is 0 Å². The molecule has 0 saturated carbocycles. The summed E-state index contributed by atoms with van der Waals surface area (Å²) in [5.41, 5.74) is 0. The molecule has 0 aliphatic heterocycles. The highest BCUT2D eigenvalue weighted by atomic mass is 16.2. The third-order valence-electron chi connectivity index (χ3n) is 2.02. The van der Waals surface area contributed by atoms with Crippen LogP contribution >= 0.6 is 0 Å². The Morgan fingerprint density at radius 1 is 1.67 bits per heavy atom. The van der Waals surface area contributed by atoms with Gasteiger partial charge in [0.1, 0.15) is 11.9 Å². The Bertz CT molecular complexity index is 321. The van der Waals surface area contributed by atoms with Gasteiger partial charge in [0.25, 0.3) is 0 Å². The zero-order valence-corrected chi connectivity index (χ0v) is 9.45. The van der Waals surface area contributed by atoms with E-state index in [1.54, 1.807) is 4.68 Å². The highest BCUT2D eigenvalue weighted by Crippen LogP contribution is 2.03. The normalized spacial score (nSPS) is 12.2. The van der Waals surface area contributed by atoms with Gasteiger partial charge in [-0.05, 0) is 13.3 Å². The zero-order chi connectivity index (χ0) is 11.3. The van der Waals surface area contributed by atoms with E-state index in [2.05, 4.69) is 15.7 Å². The summed E-state index contributed by atoms with van der Waals surface area (Å²) in [7, 11) is 1.84. The minimum absolute atomic E-state index is 0.00232. The summed E-state index contributed by atoms with van der Waals surface area (Å²) >= 11 is 0. The van der Waals surface area contributed by atoms with E-state index in [1.165, 1.54) is 0 Å². The Morgan fingerprint density at radius 2 is 2.40 bits per heavy atom. The highest BCUT2D eigenvalue weighted by molar-refractivity contribution is 5.83. The van der Waals surface area contributed by atoms with Gasteiger partial charge in [-0.3, -0.25) is 9.48 Å². The number of aromatic nitrogens is 2. The molecule has 0 bridgehead atoms. The van der Waals surface area contributed by atoms with Crippen LogP contribution in [0.1, 0.15) is 20.3 Å². The van der Waals surface area contributed by atoms with Crippen LogP contribution in [-0.4, -0.2) is 28.3 Å². The molecule has 1 aromatic rings. The van der Waals surface area contributed by atoms with Gasteiger partial charge in [-0.1, -0.05) is 6.92 Å².